The van der Waals surface area contributed by atoms with Crippen molar-refractivity contribution in [3.63, 3.8) is 0 Å². The quantitative estimate of drug-likeness (QED) is 0.934. The van der Waals surface area contributed by atoms with Crippen molar-refractivity contribution in [3.05, 3.63) is 65.2 Å². The highest BCUT2D eigenvalue weighted by atomic mass is 16.5. The topological polar surface area (TPSA) is 38.7 Å². The van der Waals surface area contributed by atoms with E-state index in [2.05, 4.69) is 6.07 Å². The van der Waals surface area contributed by atoms with E-state index in [-0.39, 0.29) is 6.10 Å². The Hall–Kier alpha value is -1.84. The summed E-state index contributed by atoms with van der Waals surface area (Å²) >= 11 is 0. The van der Waals surface area contributed by atoms with Crippen LogP contribution in [0.5, 0.6) is 5.75 Å². The number of fused-ring (bicyclic) bond motifs is 1. The minimum Gasteiger partial charge on any atom is -0.494 e. The molecule has 110 valence electrons. The van der Waals surface area contributed by atoms with E-state index in [1.54, 1.807) is 0 Å². The fourth-order valence-corrected chi connectivity index (χ4v) is 2.82. The zero-order valence-corrected chi connectivity index (χ0v) is 12.2. The summed E-state index contributed by atoms with van der Waals surface area (Å²) in [7, 11) is 0. The molecule has 1 heterocycles. The molecular formula is C18H20O3. The highest BCUT2D eigenvalue weighted by Crippen LogP contribution is 2.37. The maximum atomic E-state index is 10.7. The molecule has 0 radical (unpaired) electrons. The van der Waals surface area contributed by atoms with Crippen LogP contribution in [0.25, 0.3) is 0 Å². The fraction of sp³-hybridized carbons (Fsp3) is 0.333. The number of aliphatic hydroxyl groups is 1. The van der Waals surface area contributed by atoms with E-state index in [9.17, 15) is 5.11 Å². The van der Waals surface area contributed by atoms with E-state index in [0.717, 1.165) is 23.3 Å². The molecule has 0 aromatic heterocycles. The standard InChI is InChI=1S/C18H20O3/c1-2-20-15-8-5-7-14(12-15)17(19)18-16-9-4-3-6-13(16)10-11-21-18/h3-9,12,17-19H,2,10-11H2,1H3. The molecule has 2 unspecified atom stereocenters. The summed E-state index contributed by atoms with van der Waals surface area (Å²) in [5, 5.41) is 10.7. The summed E-state index contributed by atoms with van der Waals surface area (Å²) in [4.78, 5) is 0. The van der Waals surface area contributed by atoms with Gasteiger partial charge in [-0.1, -0.05) is 36.4 Å². The average Bonchev–Trinajstić information content (AvgIpc) is 2.54. The molecule has 2 aromatic carbocycles. The molecule has 3 nitrogen and oxygen atoms in total. The molecule has 0 fully saturated rings. The van der Waals surface area contributed by atoms with E-state index in [4.69, 9.17) is 9.47 Å². The van der Waals surface area contributed by atoms with E-state index in [0.29, 0.717) is 13.2 Å². The van der Waals surface area contributed by atoms with Crippen LogP contribution in [0.4, 0.5) is 0 Å². The first-order chi connectivity index (χ1) is 10.3. The third-order valence-corrected chi connectivity index (χ3v) is 3.83. The van der Waals surface area contributed by atoms with Gasteiger partial charge in [0.05, 0.1) is 13.2 Å². The first-order valence-corrected chi connectivity index (χ1v) is 7.40. The van der Waals surface area contributed by atoms with Gasteiger partial charge in [0.1, 0.15) is 18.0 Å². The average molecular weight is 284 g/mol. The Balaban J connectivity index is 1.89. The molecule has 0 saturated carbocycles. The van der Waals surface area contributed by atoms with Crippen molar-refractivity contribution in [2.24, 2.45) is 0 Å². The van der Waals surface area contributed by atoms with Crippen LogP contribution in [0.2, 0.25) is 0 Å². The number of hydrogen-bond donors (Lipinski definition) is 1. The third kappa shape index (κ3) is 2.94. The number of rotatable bonds is 4. The Bertz CT molecular complexity index is 609. The van der Waals surface area contributed by atoms with Crippen LogP contribution in [0.15, 0.2) is 48.5 Å². The highest BCUT2D eigenvalue weighted by molar-refractivity contribution is 5.36. The largest absolute Gasteiger partial charge is 0.494 e. The lowest BCUT2D eigenvalue weighted by molar-refractivity contribution is -0.0483. The summed E-state index contributed by atoms with van der Waals surface area (Å²) in [6.45, 7) is 3.20. The van der Waals surface area contributed by atoms with E-state index >= 15 is 0 Å². The van der Waals surface area contributed by atoms with Crippen molar-refractivity contribution in [3.8, 4) is 5.75 Å². The number of benzene rings is 2. The van der Waals surface area contributed by atoms with Crippen molar-refractivity contribution in [1.82, 2.24) is 0 Å². The summed E-state index contributed by atoms with van der Waals surface area (Å²) < 4.78 is 11.3. The molecule has 0 amide bonds. The normalized spacial score (nSPS) is 18.9. The molecular weight excluding hydrogens is 264 g/mol. The van der Waals surface area contributed by atoms with Crippen LogP contribution >= 0.6 is 0 Å². The minimum atomic E-state index is -0.688. The smallest absolute Gasteiger partial charge is 0.119 e. The van der Waals surface area contributed by atoms with Gasteiger partial charge < -0.3 is 14.6 Å². The van der Waals surface area contributed by atoms with Gasteiger partial charge in [0, 0.05) is 0 Å². The van der Waals surface area contributed by atoms with Crippen LogP contribution in [-0.2, 0) is 11.2 Å². The lowest BCUT2D eigenvalue weighted by Gasteiger charge is -2.30. The van der Waals surface area contributed by atoms with Crippen LogP contribution < -0.4 is 4.74 Å². The number of ether oxygens (including phenoxy) is 2. The zero-order valence-electron chi connectivity index (χ0n) is 12.2. The lowest BCUT2D eigenvalue weighted by atomic mass is 9.91. The second kappa shape index (κ2) is 6.29. The van der Waals surface area contributed by atoms with E-state index < -0.39 is 6.10 Å². The molecule has 3 heteroatoms. The molecule has 0 spiro atoms. The molecule has 3 rings (SSSR count). The molecule has 1 N–H and O–H groups in total. The Morgan fingerprint density at radius 1 is 1.24 bits per heavy atom. The van der Waals surface area contributed by atoms with Crippen molar-refractivity contribution < 1.29 is 14.6 Å². The first kappa shape index (κ1) is 14.1. The van der Waals surface area contributed by atoms with Gasteiger partial charge in [0.25, 0.3) is 0 Å². The summed E-state index contributed by atoms with van der Waals surface area (Å²) in [6.07, 6.45) is -0.100. The van der Waals surface area contributed by atoms with Crippen LogP contribution in [0.3, 0.4) is 0 Å². The van der Waals surface area contributed by atoms with Crippen LogP contribution in [-0.4, -0.2) is 18.3 Å². The van der Waals surface area contributed by atoms with Gasteiger partial charge >= 0.3 is 0 Å². The molecule has 2 atom stereocenters. The van der Waals surface area contributed by atoms with Gasteiger partial charge in [-0.2, -0.15) is 0 Å². The van der Waals surface area contributed by atoms with Crippen molar-refractivity contribution in [2.45, 2.75) is 25.6 Å². The maximum absolute atomic E-state index is 10.7. The minimum absolute atomic E-state index is 0.313. The second-order valence-corrected chi connectivity index (χ2v) is 5.19. The Morgan fingerprint density at radius 3 is 2.95 bits per heavy atom. The highest BCUT2D eigenvalue weighted by Gasteiger charge is 2.28. The lowest BCUT2D eigenvalue weighted by Crippen LogP contribution is -2.22. The fourth-order valence-electron chi connectivity index (χ4n) is 2.82. The van der Waals surface area contributed by atoms with Gasteiger partial charge in [-0.15, -0.1) is 0 Å². The molecule has 1 aliphatic rings. The van der Waals surface area contributed by atoms with Gasteiger partial charge in [-0.25, -0.2) is 0 Å². The summed E-state index contributed by atoms with van der Waals surface area (Å²) in [5.41, 5.74) is 3.16. The Labute approximate surface area is 125 Å². The van der Waals surface area contributed by atoms with Crippen molar-refractivity contribution >= 4 is 0 Å². The molecule has 1 aliphatic heterocycles. The monoisotopic (exact) mass is 284 g/mol. The van der Waals surface area contributed by atoms with Crippen molar-refractivity contribution in [2.75, 3.05) is 13.2 Å². The van der Waals surface area contributed by atoms with Crippen LogP contribution in [0.1, 0.15) is 35.8 Å². The first-order valence-electron chi connectivity index (χ1n) is 7.40. The number of aliphatic hydroxyl groups excluding tert-OH is 1. The predicted molar refractivity (Wildman–Crippen MR) is 81.4 cm³/mol. The predicted octanol–water partition coefficient (Wildman–Crippen LogP) is 3.43. The van der Waals surface area contributed by atoms with Gasteiger partial charge in [-0.05, 0) is 42.2 Å². The van der Waals surface area contributed by atoms with Gasteiger partial charge in [0.2, 0.25) is 0 Å². The van der Waals surface area contributed by atoms with Gasteiger partial charge in [-0.3, -0.25) is 0 Å². The molecule has 21 heavy (non-hydrogen) atoms. The summed E-state index contributed by atoms with van der Waals surface area (Å²) in [6, 6.07) is 15.8. The zero-order chi connectivity index (χ0) is 14.7. The van der Waals surface area contributed by atoms with Crippen molar-refractivity contribution in [1.29, 1.82) is 0 Å². The Morgan fingerprint density at radius 2 is 2.10 bits per heavy atom. The third-order valence-electron chi connectivity index (χ3n) is 3.83. The molecule has 0 saturated heterocycles. The van der Waals surface area contributed by atoms with E-state index in [1.807, 2.05) is 49.4 Å². The SMILES string of the molecule is CCOc1cccc(C(O)C2OCCc3ccccc32)c1. The molecule has 2 aromatic rings. The molecule has 0 aliphatic carbocycles. The van der Waals surface area contributed by atoms with Crippen LogP contribution in [0, 0.1) is 0 Å². The van der Waals surface area contributed by atoms with E-state index in [1.165, 1.54) is 5.56 Å². The maximum Gasteiger partial charge on any atom is 0.119 e. The second-order valence-electron chi connectivity index (χ2n) is 5.19. The number of hydrogen-bond acceptors (Lipinski definition) is 3. The summed E-state index contributed by atoms with van der Waals surface area (Å²) in [5.74, 6) is 0.776. The van der Waals surface area contributed by atoms with Gasteiger partial charge in [0.15, 0.2) is 0 Å². The Kier molecular flexibility index (Phi) is 4.23. The molecule has 0 bridgehead atoms.